The number of ether oxygens (including phenoxy) is 1. The molecule has 0 radical (unpaired) electrons. The van der Waals surface area contributed by atoms with E-state index in [-0.39, 0.29) is 5.78 Å². The second kappa shape index (κ2) is 6.92. The van der Waals surface area contributed by atoms with Crippen molar-refractivity contribution in [3.8, 4) is 5.75 Å². The van der Waals surface area contributed by atoms with Gasteiger partial charge < -0.3 is 4.74 Å². The topological polar surface area (TPSA) is 26.3 Å². The first-order valence-corrected chi connectivity index (χ1v) is 6.79. The minimum absolute atomic E-state index is 0.0917. The van der Waals surface area contributed by atoms with E-state index in [9.17, 15) is 4.79 Å². The number of halogens is 2. The van der Waals surface area contributed by atoms with E-state index in [0.717, 1.165) is 5.56 Å². The van der Waals surface area contributed by atoms with Crippen molar-refractivity contribution >= 4 is 33.3 Å². The molecule has 0 spiro atoms. The number of carbonyl (C=O) groups excluding carboxylic acids is 1. The molecular formula is C12H14BrClO2. The summed E-state index contributed by atoms with van der Waals surface area (Å²) in [4.78, 5) is 11.8. The quantitative estimate of drug-likeness (QED) is 0.590. The third-order valence-electron chi connectivity index (χ3n) is 2.16. The molecule has 0 bridgehead atoms. The fourth-order valence-corrected chi connectivity index (χ4v) is 2.00. The molecule has 0 aliphatic carbocycles. The van der Waals surface area contributed by atoms with Crippen LogP contribution in [0.15, 0.2) is 18.2 Å². The van der Waals surface area contributed by atoms with Gasteiger partial charge in [0.25, 0.3) is 0 Å². The largest absolute Gasteiger partial charge is 0.494 e. The van der Waals surface area contributed by atoms with Crippen molar-refractivity contribution in [2.45, 2.75) is 19.2 Å². The molecule has 0 aliphatic rings. The maximum atomic E-state index is 11.8. The average molecular weight is 306 g/mol. The highest BCUT2D eigenvalue weighted by atomic mass is 79.9. The lowest BCUT2D eigenvalue weighted by Crippen LogP contribution is -2.04. The van der Waals surface area contributed by atoms with E-state index in [2.05, 4.69) is 15.9 Å². The van der Waals surface area contributed by atoms with E-state index in [4.69, 9.17) is 16.3 Å². The van der Waals surface area contributed by atoms with Crippen molar-refractivity contribution in [1.29, 1.82) is 0 Å². The number of hydrogen-bond donors (Lipinski definition) is 0. The van der Waals surface area contributed by atoms with Gasteiger partial charge in [0, 0.05) is 23.2 Å². The second-order valence-corrected chi connectivity index (χ2v) is 4.31. The summed E-state index contributed by atoms with van der Waals surface area (Å²) in [5.74, 6) is 1.15. The summed E-state index contributed by atoms with van der Waals surface area (Å²) < 4.78 is 5.37. The monoisotopic (exact) mass is 304 g/mol. The van der Waals surface area contributed by atoms with E-state index >= 15 is 0 Å². The molecule has 0 N–H and O–H groups in total. The van der Waals surface area contributed by atoms with Gasteiger partial charge in [-0.25, -0.2) is 0 Å². The third-order valence-corrected chi connectivity index (χ3v) is 2.84. The summed E-state index contributed by atoms with van der Waals surface area (Å²) in [6.07, 6.45) is 0.472. The molecule has 4 heteroatoms. The zero-order valence-corrected chi connectivity index (χ0v) is 11.5. The van der Waals surface area contributed by atoms with Gasteiger partial charge in [0.05, 0.1) is 6.61 Å². The summed E-state index contributed by atoms with van der Waals surface area (Å²) in [5, 5.41) is 0.659. The molecule has 0 aromatic heterocycles. The zero-order chi connectivity index (χ0) is 12.0. The highest BCUT2D eigenvalue weighted by Crippen LogP contribution is 2.21. The minimum atomic E-state index is 0.0917. The van der Waals surface area contributed by atoms with Crippen LogP contribution in [0.4, 0.5) is 0 Å². The van der Waals surface area contributed by atoms with E-state index in [0.29, 0.717) is 35.6 Å². The van der Waals surface area contributed by atoms with Crippen molar-refractivity contribution in [3.05, 3.63) is 29.3 Å². The van der Waals surface area contributed by atoms with E-state index in [1.165, 1.54) is 0 Å². The summed E-state index contributed by atoms with van der Waals surface area (Å²) >= 11 is 9.06. The predicted molar refractivity (Wildman–Crippen MR) is 69.9 cm³/mol. The predicted octanol–water partition coefficient (Wildman–Crippen LogP) is 3.79. The number of ketones is 1. The van der Waals surface area contributed by atoms with E-state index in [1.807, 2.05) is 19.1 Å². The summed E-state index contributed by atoms with van der Waals surface area (Å²) in [5.41, 5.74) is 1.52. The fraction of sp³-hybridized carbons (Fsp3) is 0.417. The van der Waals surface area contributed by atoms with Gasteiger partial charge in [0.1, 0.15) is 5.75 Å². The maximum absolute atomic E-state index is 11.8. The van der Waals surface area contributed by atoms with Crippen LogP contribution < -0.4 is 4.74 Å². The first-order valence-electron chi connectivity index (χ1n) is 5.13. The first kappa shape index (κ1) is 13.5. The molecule has 0 amide bonds. The SMILES string of the molecule is CCOc1ccc(CCl)c(C(=O)CCBr)c1. The highest BCUT2D eigenvalue weighted by molar-refractivity contribution is 9.09. The van der Waals surface area contributed by atoms with E-state index in [1.54, 1.807) is 6.07 Å². The maximum Gasteiger partial charge on any atom is 0.164 e. The number of carbonyl (C=O) groups is 1. The fourth-order valence-electron chi connectivity index (χ4n) is 1.41. The molecule has 0 saturated carbocycles. The minimum Gasteiger partial charge on any atom is -0.494 e. The van der Waals surface area contributed by atoms with Crippen molar-refractivity contribution in [2.24, 2.45) is 0 Å². The number of rotatable bonds is 6. The van der Waals surface area contributed by atoms with Crippen LogP contribution in [-0.4, -0.2) is 17.7 Å². The van der Waals surface area contributed by atoms with Gasteiger partial charge in [0.2, 0.25) is 0 Å². The van der Waals surface area contributed by atoms with Gasteiger partial charge in [-0.2, -0.15) is 0 Å². The van der Waals surface area contributed by atoms with Crippen LogP contribution in [0.5, 0.6) is 5.75 Å². The first-order chi connectivity index (χ1) is 7.72. The van der Waals surface area contributed by atoms with Gasteiger partial charge >= 0.3 is 0 Å². The van der Waals surface area contributed by atoms with Crippen molar-refractivity contribution in [3.63, 3.8) is 0 Å². The van der Waals surface area contributed by atoms with Gasteiger partial charge in [0.15, 0.2) is 5.78 Å². The molecule has 0 unspecified atom stereocenters. The second-order valence-electron chi connectivity index (χ2n) is 3.25. The average Bonchev–Trinajstić information content (AvgIpc) is 2.30. The summed E-state index contributed by atoms with van der Waals surface area (Å²) in [6, 6.07) is 5.46. The molecule has 2 nitrogen and oxygen atoms in total. The lowest BCUT2D eigenvalue weighted by atomic mass is 10.0. The Kier molecular flexibility index (Phi) is 5.85. The molecule has 88 valence electrons. The van der Waals surface area contributed by atoms with Gasteiger partial charge in [-0.15, -0.1) is 11.6 Å². The van der Waals surface area contributed by atoms with Crippen LogP contribution in [-0.2, 0) is 5.88 Å². The van der Waals surface area contributed by atoms with Crippen LogP contribution in [0, 0.1) is 0 Å². The van der Waals surface area contributed by atoms with Crippen LogP contribution in [0.2, 0.25) is 0 Å². The molecule has 1 aromatic carbocycles. The normalized spacial score (nSPS) is 10.2. The molecule has 1 rings (SSSR count). The molecular weight excluding hydrogens is 291 g/mol. The molecule has 0 fully saturated rings. The molecule has 0 heterocycles. The Balaban J connectivity index is 3.01. The molecule has 0 atom stereocenters. The molecule has 0 aliphatic heterocycles. The van der Waals surface area contributed by atoms with Crippen LogP contribution in [0.3, 0.4) is 0 Å². The Bertz CT molecular complexity index is 366. The Morgan fingerprint density at radius 1 is 1.50 bits per heavy atom. The van der Waals surface area contributed by atoms with E-state index < -0.39 is 0 Å². The van der Waals surface area contributed by atoms with Crippen molar-refractivity contribution in [1.82, 2.24) is 0 Å². The number of Topliss-reactive ketones (excluding diaryl/α,β-unsaturated/α-hetero) is 1. The standard InChI is InChI=1S/C12H14BrClO2/c1-2-16-10-4-3-9(8-14)11(7-10)12(15)5-6-13/h3-4,7H,2,5-6,8H2,1H3. The number of benzene rings is 1. The third kappa shape index (κ3) is 3.49. The smallest absolute Gasteiger partial charge is 0.164 e. The van der Waals surface area contributed by atoms with Gasteiger partial charge in [-0.1, -0.05) is 22.0 Å². The van der Waals surface area contributed by atoms with Crippen LogP contribution in [0.1, 0.15) is 29.3 Å². The summed E-state index contributed by atoms with van der Waals surface area (Å²) in [6.45, 7) is 2.50. The van der Waals surface area contributed by atoms with Crippen molar-refractivity contribution < 1.29 is 9.53 Å². The Morgan fingerprint density at radius 3 is 2.81 bits per heavy atom. The molecule has 1 aromatic rings. The molecule has 16 heavy (non-hydrogen) atoms. The summed E-state index contributed by atoms with van der Waals surface area (Å²) in [7, 11) is 0. The highest BCUT2D eigenvalue weighted by Gasteiger charge is 2.11. The number of hydrogen-bond acceptors (Lipinski definition) is 2. The van der Waals surface area contributed by atoms with Crippen LogP contribution in [0.25, 0.3) is 0 Å². The zero-order valence-electron chi connectivity index (χ0n) is 9.13. The molecule has 0 saturated heterocycles. The Labute approximate surface area is 109 Å². The Morgan fingerprint density at radius 2 is 2.25 bits per heavy atom. The Hall–Kier alpha value is -0.540. The van der Waals surface area contributed by atoms with Gasteiger partial charge in [-0.3, -0.25) is 4.79 Å². The lowest BCUT2D eigenvalue weighted by molar-refractivity contribution is 0.0988. The van der Waals surface area contributed by atoms with Crippen LogP contribution >= 0.6 is 27.5 Å². The van der Waals surface area contributed by atoms with Crippen molar-refractivity contribution in [2.75, 3.05) is 11.9 Å². The van der Waals surface area contributed by atoms with Gasteiger partial charge in [-0.05, 0) is 24.6 Å². The lowest BCUT2D eigenvalue weighted by Gasteiger charge is -2.09. The number of alkyl halides is 2.